The Labute approximate surface area is 249 Å². The Bertz CT molecular complexity index is 1650. The zero-order valence-electron chi connectivity index (χ0n) is 24.3. The molecule has 0 saturated carbocycles. The van der Waals surface area contributed by atoms with Gasteiger partial charge in [0.1, 0.15) is 16.7 Å². The Balaban J connectivity index is 1.47. The Hall–Kier alpha value is -3.72. The van der Waals surface area contributed by atoms with E-state index in [9.17, 15) is 14.1 Å². The fourth-order valence-corrected chi connectivity index (χ4v) is 7.41. The van der Waals surface area contributed by atoms with E-state index in [0.29, 0.717) is 37.4 Å². The number of pyridine rings is 2. The van der Waals surface area contributed by atoms with Gasteiger partial charge in [0.25, 0.3) is 5.91 Å². The molecule has 2 aromatic heterocycles. The molecule has 4 heterocycles. The van der Waals surface area contributed by atoms with Gasteiger partial charge in [0.2, 0.25) is 0 Å². The normalized spacial score (nSPS) is 17.5. The fourth-order valence-electron chi connectivity index (χ4n) is 6.01. The molecule has 1 amide bonds. The van der Waals surface area contributed by atoms with Crippen LogP contribution in [0.1, 0.15) is 66.0 Å². The number of rotatable bonds is 6. The van der Waals surface area contributed by atoms with Crippen LogP contribution < -0.4 is 0 Å². The number of aliphatic hydroxyl groups excluding tert-OH is 1. The monoisotopic (exact) mass is 580 g/mol. The molecular weight excluding hydrogens is 544 g/mol. The van der Waals surface area contributed by atoms with E-state index in [4.69, 9.17) is 4.98 Å². The summed E-state index contributed by atoms with van der Waals surface area (Å²) < 4.78 is 15.2. The fraction of sp³-hybridized carbons (Fsp3) is 0.324. The topological polar surface area (TPSA) is 86.6 Å². The predicted molar refractivity (Wildman–Crippen MR) is 166 cm³/mol. The highest BCUT2D eigenvalue weighted by atomic mass is 32.2. The number of fused-ring (bicyclic) bond motifs is 2. The first-order valence-corrected chi connectivity index (χ1v) is 15.6. The van der Waals surface area contributed by atoms with E-state index in [1.54, 1.807) is 6.20 Å². The Morgan fingerprint density at radius 2 is 1.71 bits per heavy atom. The van der Waals surface area contributed by atoms with Crippen LogP contribution in [0.5, 0.6) is 0 Å². The molecule has 4 aromatic rings. The summed E-state index contributed by atoms with van der Waals surface area (Å²) in [6, 6.07) is 21.9. The lowest BCUT2D eigenvalue weighted by Gasteiger charge is -2.30. The summed E-state index contributed by atoms with van der Waals surface area (Å²) in [5.41, 5.74) is 8.25. The molecule has 2 aliphatic rings. The lowest BCUT2D eigenvalue weighted by Crippen LogP contribution is -2.36. The molecule has 0 bridgehead atoms. The Kier molecular flexibility index (Phi) is 7.79. The molecule has 0 spiro atoms. The number of amides is 1. The van der Waals surface area contributed by atoms with Gasteiger partial charge in [-0.25, -0.2) is 13.5 Å². The zero-order chi connectivity index (χ0) is 29.4. The van der Waals surface area contributed by atoms with Crippen molar-refractivity contribution in [3.63, 3.8) is 0 Å². The van der Waals surface area contributed by atoms with E-state index >= 15 is 0 Å². The first-order chi connectivity index (χ1) is 20.2. The van der Waals surface area contributed by atoms with Crippen molar-refractivity contribution in [3.8, 4) is 22.4 Å². The maximum absolute atomic E-state index is 14.0. The molecule has 2 aromatic carbocycles. The van der Waals surface area contributed by atoms with Gasteiger partial charge in [0, 0.05) is 55.3 Å². The van der Waals surface area contributed by atoms with Gasteiger partial charge in [0.15, 0.2) is 0 Å². The second-order valence-corrected chi connectivity index (χ2v) is 14.2. The average molecular weight is 581 g/mol. The molecule has 8 heteroatoms. The number of benzene rings is 2. The van der Waals surface area contributed by atoms with Crippen molar-refractivity contribution in [2.24, 2.45) is 0 Å². The van der Waals surface area contributed by atoms with E-state index < -0.39 is 15.7 Å². The smallest absolute Gasteiger partial charge is 0.272 e. The van der Waals surface area contributed by atoms with Crippen molar-refractivity contribution in [2.75, 3.05) is 13.2 Å². The third-order valence-electron chi connectivity index (χ3n) is 8.06. The van der Waals surface area contributed by atoms with Crippen LogP contribution in [0.15, 0.2) is 79.1 Å². The number of hydrogen-bond acceptors (Lipinski definition) is 5. The maximum atomic E-state index is 14.0. The Morgan fingerprint density at radius 1 is 0.952 bits per heavy atom. The lowest BCUT2D eigenvalue weighted by atomic mass is 9.94. The summed E-state index contributed by atoms with van der Waals surface area (Å²) in [6.07, 6.45) is 4.80. The molecular formula is C34H36N4O3S. The summed E-state index contributed by atoms with van der Waals surface area (Å²) in [6.45, 7) is 7.43. The quantitative estimate of drug-likeness (QED) is 0.316. The molecule has 216 valence electrons. The standard InChI is InChI=1S/C34H36N4O3S/c1-34(2,3)42(41)38-22-28-19-29(33(40)37-16-13-23-8-4-5-9-27(23)21-37)36-32(31(28)30(38)14-17-39)25-11-6-10-24(18-25)26-12-7-15-35-20-26/h4-12,15,18-20,30,39H,13-14,16-17,21-22H2,1-3H3/t30-,42-/m0/s1. The van der Waals surface area contributed by atoms with Gasteiger partial charge >= 0.3 is 0 Å². The molecule has 0 aliphatic carbocycles. The molecule has 2 aliphatic heterocycles. The van der Waals surface area contributed by atoms with Crippen LogP contribution in [-0.2, 0) is 30.5 Å². The van der Waals surface area contributed by atoms with Gasteiger partial charge in [-0.1, -0.05) is 48.5 Å². The maximum Gasteiger partial charge on any atom is 0.272 e. The van der Waals surface area contributed by atoms with Crippen molar-refractivity contribution in [3.05, 3.63) is 107 Å². The SMILES string of the molecule is CC(C)(C)[S@](=O)N1Cc2cc(C(=O)N3CCc4ccccc4C3)nc(-c3cccc(-c4cccnc4)c3)c2[C@@H]1CCO. The molecule has 6 rings (SSSR count). The van der Waals surface area contributed by atoms with Crippen LogP contribution >= 0.6 is 0 Å². The van der Waals surface area contributed by atoms with Crippen molar-refractivity contribution in [1.82, 2.24) is 19.2 Å². The van der Waals surface area contributed by atoms with Gasteiger partial charge in [-0.2, -0.15) is 0 Å². The first kappa shape index (κ1) is 28.4. The molecule has 0 saturated heterocycles. The van der Waals surface area contributed by atoms with Crippen LogP contribution in [0.25, 0.3) is 22.4 Å². The number of aliphatic hydroxyl groups is 1. The van der Waals surface area contributed by atoms with Crippen LogP contribution in [-0.4, -0.2) is 52.3 Å². The summed E-state index contributed by atoms with van der Waals surface area (Å²) >= 11 is 0. The van der Waals surface area contributed by atoms with Crippen molar-refractivity contribution < 1.29 is 14.1 Å². The van der Waals surface area contributed by atoms with Crippen LogP contribution in [0.3, 0.4) is 0 Å². The minimum atomic E-state index is -1.32. The molecule has 1 N–H and O–H groups in total. The lowest BCUT2D eigenvalue weighted by molar-refractivity contribution is 0.0728. The largest absolute Gasteiger partial charge is 0.396 e. The minimum Gasteiger partial charge on any atom is -0.396 e. The third-order valence-corrected chi connectivity index (χ3v) is 9.92. The number of carbonyl (C=O) groups excluding carboxylic acids is 1. The summed E-state index contributed by atoms with van der Waals surface area (Å²) in [5, 5.41) is 10.1. The van der Waals surface area contributed by atoms with Crippen LogP contribution in [0.4, 0.5) is 0 Å². The van der Waals surface area contributed by atoms with E-state index in [2.05, 4.69) is 23.2 Å². The van der Waals surface area contributed by atoms with Gasteiger partial charge in [-0.15, -0.1) is 0 Å². The van der Waals surface area contributed by atoms with Crippen molar-refractivity contribution in [1.29, 1.82) is 0 Å². The summed E-state index contributed by atoms with van der Waals surface area (Å²) in [7, 11) is -1.32. The molecule has 0 fully saturated rings. The number of hydrogen-bond donors (Lipinski definition) is 1. The second kappa shape index (κ2) is 11.5. The second-order valence-electron chi connectivity index (χ2n) is 12.0. The van der Waals surface area contributed by atoms with Crippen molar-refractivity contribution >= 4 is 16.9 Å². The molecule has 7 nitrogen and oxygen atoms in total. The highest BCUT2D eigenvalue weighted by Crippen LogP contribution is 2.44. The van der Waals surface area contributed by atoms with E-state index in [1.807, 2.05) is 84.7 Å². The highest BCUT2D eigenvalue weighted by Gasteiger charge is 2.40. The van der Waals surface area contributed by atoms with E-state index in [-0.39, 0.29) is 18.6 Å². The molecule has 0 unspecified atom stereocenters. The molecule has 42 heavy (non-hydrogen) atoms. The van der Waals surface area contributed by atoms with Crippen LogP contribution in [0.2, 0.25) is 0 Å². The number of aromatic nitrogens is 2. The third kappa shape index (κ3) is 5.42. The first-order valence-electron chi connectivity index (χ1n) is 14.4. The highest BCUT2D eigenvalue weighted by molar-refractivity contribution is 7.84. The average Bonchev–Trinajstić information content (AvgIpc) is 3.37. The van der Waals surface area contributed by atoms with Gasteiger partial charge in [0.05, 0.1) is 16.5 Å². The molecule has 2 atom stereocenters. The van der Waals surface area contributed by atoms with Gasteiger partial charge < -0.3 is 10.0 Å². The number of nitrogens with zero attached hydrogens (tertiary/aromatic N) is 4. The summed E-state index contributed by atoms with van der Waals surface area (Å²) in [5.74, 6) is -0.105. The van der Waals surface area contributed by atoms with E-state index in [1.165, 1.54) is 5.56 Å². The molecule has 0 radical (unpaired) electrons. The predicted octanol–water partition coefficient (Wildman–Crippen LogP) is 5.71. The minimum absolute atomic E-state index is 0.0506. The Morgan fingerprint density at radius 3 is 2.45 bits per heavy atom. The zero-order valence-corrected chi connectivity index (χ0v) is 25.1. The van der Waals surface area contributed by atoms with Gasteiger partial charge in [-0.05, 0) is 74.1 Å². The van der Waals surface area contributed by atoms with E-state index in [0.717, 1.165) is 39.8 Å². The summed E-state index contributed by atoms with van der Waals surface area (Å²) in [4.78, 5) is 25.2. The van der Waals surface area contributed by atoms with Crippen LogP contribution in [0, 0.1) is 0 Å². The van der Waals surface area contributed by atoms with Crippen molar-refractivity contribution in [2.45, 2.75) is 57.5 Å². The number of carbonyl (C=O) groups is 1. The van der Waals surface area contributed by atoms with Gasteiger partial charge in [-0.3, -0.25) is 9.78 Å².